The lowest BCUT2D eigenvalue weighted by molar-refractivity contribution is 0.186. The van der Waals surface area contributed by atoms with Crippen LogP contribution in [0.3, 0.4) is 0 Å². The zero-order valence-electron chi connectivity index (χ0n) is 13.7. The lowest BCUT2D eigenvalue weighted by Gasteiger charge is -2.11. The number of ether oxygens (including phenoxy) is 1. The number of nitrogens with one attached hydrogen (secondary N) is 1. The second-order valence-electron chi connectivity index (χ2n) is 5.92. The number of benzene rings is 1. The third-order valence-electron chi connectivity index (χ3n) is 4.16. The Hall–Kier alpha value is -1.71. The molecule has 0 aliphatic carbocycles. The van der Waals surface area contributed by atoms with E-state index in [0.717, 1.165) is 25.9 Å². The monoisotopic (exact) mass is 407 g/mol. The summed E-state index contributed by atoms with van der Waals surface area (Å²) in [6.07, 6.45) is -0.177. The molecule has 0 fully saturated rings. The van der Waals surface area contributed by atoms with Crippen LogP contribution >= 0.6 is 22.7 Å². The average molecular weight is 408 g/mol. The van der Waals surface area contributed by atoms with Gasteiger partial charge >= 0.3 is 0 Å². The molecule has 1 aromatic carbocycles. The molecule has 0 amide bonds. The van der Waals surface area contributed by atoms with Crippen molar-refractivity contribution in [1.82, 2.24) is 4.72 Å². The molecule has 136 valence electrons. The summed E-state index contributed by atoms with van der Waals surface area (Å²) in [6.45, 7) is 0.510. The molecule has 3 aromatic rings. The largest absolute Gasteiger partial charge is 0.493 e. The molecule has 1 atom stereocenters. The van der Waals surface area contributed by atoms with E-state index in [1.165, 1.54) is 17.4 Å². The van der Waals surface area contributed by atoms with Crippen molar-refractivity contribution >= 4 is 32.7 Å². The summed E-state index contributed by atoms with van der Waals surface area (Å²) in [4.78, 5) is 3.13. The summed E-state index contributed by atoms with van der Waals surface area (Å²) in [6, 6.07) is 12.6. The molecule has 0 saturated heterocycles. The number of thiophene rings is 2. The van der Waals surface area contributed by atoms with Crippen LogP contribution in [-0.4, -0.2) is 26.7 Å². The van der Waals surface area contributed by atoms with Crippen LogP contribution in [0.5, 0.6) is 5.75 Å². The molecule has 1 unspecified atom stereocenters. The molecule has 26 heavy (non-hydrogen) atoms. The molecule has 2 aromatic heterocycles. The summed E-state index contributed by atoms with van der Waals surface area (Å²) in [5.74, 6) is 0.740. The maximum absolute atomic E-state index is 12.5. The maximum Gasteiger partial charge on any atom is 0.240 e. The van der Waals surface area contributed by atoms with Crippen molar-refractivity contribution in [2.75, 3.05) is 13.2 Å². The van der Waals surface area contributed by atoms with Gasteiger partial charge in [-0.1, -0.05) is 6.07 Å². The average Bonchev–Trinajstić information content (AvgIpc) is 3.39. The zero-order valence-corrected chi connectivity index (χ0v) is 16.2. The van der Waals surface area contributed by atoms with Gasteiger partial charge in [0.2, 0.25) is 10.0 Å². The van der Waals surface area contributed by atoms with Crippen LogP contribution in [-0.2, 0) is 16.4 Å². The summed E-state index contributed by atoms with van der Waals surface area (Å²) in [5.41, 5.74) is 0.896. The third kappa shape index (κ3) is 3.56. The molecule has 8 heteroatoms. The molecule has 0 spiro atoms. The van der Waals surface area contributed by atoms with Crippen molar-refractivity contribution in [3.05, 3.63) is 58.3 Å². The molecule has 0 saturated carbocycles. The molecule has 0 bridgehead atoms. The standard InChI is InChI=1S/C18H17NO4S3/c20-14(16-5-6-18(25-16)17-2-1-9-24-17)11-19-26(21,22)13-3-4-15-12(10-13)7-8-23-15/h1-6,9-10,14,19-20H,7-8,11H2. The van der Waals surface area contributed by atoms with E-state index < -0.39 is 16.1 Å². The molecule has 1 aliphatic rings. The third-order valence-corrected chi connectivity index (χ3v) is 7.83. The molecule has 5 nitrogen and oxygen atoms in total. The Morgan fingerprint density at radius 1 is 1.19 bits per heavy atom. The lowest BCUT2D eigenvalue weighted by Crippen LogP contribution is -2.28. The van der Waals surface area contributed by atoms with Gasteiger partial charge in [-0.05, 0) is 47.3 Å². The van der Waals surface area contributed by atoms with Crippen molar-refractivity contribution in [3.63, 3.8) is 0 Å². The van der Waals surface area contributed by atoms with Crippen LogP contribution < -0.4 is 9.46 Å². The van der Waals surface area contributed by atoms with Gasteiger partial charge < -0.3 is 9.84 Å². The second kappa shape index (κ2) is 7.13. The summed E-state index contributed by atoms with van der Waals surface area (Å²) >= 11 is 3.10. The first-order chi connectivity index (χ1) is 12.5. The van der Waals surface area contributed by atoms with Crippen LogP contribution in [0.4, 0.5) is 0 Å². The quantitative estimate of drug-likeness (QED) is 0.656. The summed E-state index contributed by atoms with van der Waals surface area (Å²) in [5, 5.41) is 12.4. The molecule has 2 N–H and O–H groups in total. The van der Waals surface area contributed by atoms with Gasteiger partial charge in [-0.15, -0.1) is 22.7 Å². The van der Waals surface area contributed by atoms with Crippen molar-refractivity contribution < 1.29 is 18.3 Å². The van der Waals surface area contributed by atoms with Gasteiger partial charge in [-0.3, -0.25) is 0 Å². The van der Waals surface area contributed by atoms with Crippen LogP contribution in [0.25, 0.3) is 9.75 Å². The van der Waals surface area contributed by atoms with Gasteiger partial charge in [0.15, 0.2) is 0 Å². The fraction of sp³-hybridized carbons (Fsp3) is 0.222. The summed E-state index contributed by atoms with van der Waals surface area (Å²) < 4.78 is 32.9. The number of hydrogen-bond acceptors (Lipinski definition) is 6. The molecule has 0 radical (unpaired) electrons. The Morgan fingerprint density at radius 3 is 2.88 bits per heavy atom. The summed E-state index contributed by atoms with van der Waals surface area (Å²) in [7, 11) is -3.68. The van der Waals surface area contributed by atoms with Gasteiger partial charge in [-0.2, -0.15) is 0 Å². The number of rotatable bonds is 6. The minimum Gasteiger partial charge on any atom is -0.493 e. The van der Waals surface area contributed by atoms with Crippen molar-refractivity contribution in [2.45, 2.75) is 17.4 Å². The number of fused-ring (bicyclic) bond motifs is 1. The van der Waals surface area contributed by atoms with Crippen LogP contribution in [0.15, 0.2) is 52.7 Å². The second-order valence-corrected chi connectivity index (χ2v) is 9.75. The highest BCUT2D eigenvalue weighted by atomic mass is 32.2. The van der Waals surface area contributed by atoms with E-state index in [2.05, 4.69) is 4.72 Å². The Kier molecular flexibility index (Phi) is 4.85. The first-order valence-electron chi connectivity index (χ1n) is 8.10. The minimum absolute atomic E-state index is 0.0691. The fourth-order valence-electron chi connectivity index (χ4n) is 2.79. The SMILES string of the molecule is O=S(=O)(NCC(O)c1ccc(-c2cccs2)s1)c1ccc2c(c1)CCO2. The van der Waals surface area contributed by atoms with Crippen molar-refractivity contribution in [2.24, 2.45) is 0 Å². The van der Waals surface area contributed by atoms with Gasteiger partial charge in [0.25, 0.3) is 0 Å². The number of hydrogen-bond donors (Lipinski definition) is 2. The zero-order chi connectivity index (χ0) is 18.1. The van der Waals surface area contributed by atoms with Crippen molar-refractivity contribution in [3.8, 4) is 15.5 Å². The lowest BCUT2D eigenvalue weighted by atomic mass is 10.2. The number of aliphatic hydroxyl groups is 1. The Labute approximate surface area is 159 Å². The highest BCUT2D eigenvalue weighted by Gasteiger charge is 2.21. The Bertz CT molecular complexity index is 1010. The molecular weight excluding hydrogens is 390 g/mol. The highest BCUT2D eigenvalue weighted by Crippen LogP contribution is 2.34. The molecule has 1 aliphatic heterocycles. The van der Waals surface area contributed by atoms with Crippen LogP contribution in [0, 0.1) is 0 Å². The predicted octanol–water partition coefficient (Wildman–Crippen LogP) is 3.42. The van der Waals surface area contributed by atoms with Gasteiger partial charge in [-0.25, -0.2) is 13.1 Å². The van der Waals surface area contributed by atoms with E-state index in [9.17, 15) is 13.5 Å². The molecular formula is C18H17NO4S3. The Morgan fingerprint density at radius 2 is 2.08 bits per heavy atom. The Balaban J connectivity index is 1.44. The number of sulfonamides is 1. The fourth-order valence-corrected chi connectivity index (χ4v) is 5.70. The topological polar surface area (TPSA) is 75.6 Å². The first-order valence-corrected chi connectivity index (χ1v) is 11.3. The normalized spacial score (nSPS) is 14.8. The van der Waals surface area contributed by atoms with E-state index in [0.29, 0.717) is 13.0 Å². The number of aliphatic hydroxyl groups excluding tert-OH is 1. The van der Waals surface area contributed by atoms with Gasteiger partial charge in [0, 0.05) is 27.6 Å². The smallest absolute Gasteiger partial charge is 0.240 e. The maximum atomic E-state index is 12.5. The predicted molar refractivity (Wildman–Crippen MR) is 103 cm³/mol. The van der Waals surface area contributed by atoms with E-state index >= 15 is 0 Å². The highest BCUT2D eigenvalue weighted by molar-refractivity contribution is 7.89. The van der Waals surface area contributed by atoms with Crippen molar-refractivity contribution in [1.29, 1.82) is 0 Å². The van der Waals surface area contributed by atoms with Crippen LogP contribution in [0.2, 0.25) is 0 Å². The van der Waals surface area contributed by atoms with E-state index in [4.69, 9.17) is 4.74 Å². The van der Waals surface area contributed by atoms with E-state index in [-0.39, 0.29) is 11.4 Å². The van der Waals surface area contributed by atoms with E-state index in [1.54, 1.807) is 23.5 Å². The van der Waals surface area contributed by atoms with Gasteiger partial charge in [0.1, 0.15) is 11.9 Å². The van der Waals surface area contributed by atoms with E-state index in [1.807, 2.05) is 29.6 Å². The minimum atomic E-state index is -3.68. The molecule has 4 rings (SSSR count). The molecule has 3 heterocycles. The first kappa shape index (κ1) is 17.7. The van der Waals surface area contributed by atoms with Gasteiger partial charge in [0.05, 0.1) is 11.5 Å². The van der Waals surface area contributed by atoms with Crippen LogP contribution in [0.1, 0.15) is 16.5 Å².